The number of methoxy groups -OCH3 is 1. The first-order valence-corrected chi connectivity index (χ1v) is 11.2. The number of carbonyl (C=O) groups is 1. The minimum absolute atomic E-state index is 0.0292. The lowest BCUT2D eigenvalue weighted by Gasteiger charge is -2.12. The lowest BCUT2D eigenvalue weighted by molar-refractivity contribution is 0.0944. The van der Waals surface area contributed by atoms with Crippen molar-refractivity contribution in [1.82, 2.24) is 5.32 Å². The van der Waals surface area contributed by atoms with Crippen LogP contribution in [0.15, 0.2) is 42.5 Å². The molecule has 0 aliphatic rings. The maximum absolute atomic E-state index is 11.6. The SMILES string of the molecule is CC.CC.CC(C)Oc1ccc(C(=O)NCCO)cc1Cl.COC(=N)c1ccc(C)cc1. The number of aliphatic hydroxyl groups is 1. The van der Waals surface area contributed by atoms with Gasteiger partial charge in [-0.05, 0) is 51.1 Å². The van der Waals surface area contributed by atoms with Crippen molar-refractivity contribution >= 4 is 23.4 Å². The summed E-state index contributed by atoms with van der Waals surface area (Å²) in [7, 11) is 1.50. The molecule has 0 unspecified atom stereocenters. The fourth-order valence-electron chi connectivity index (χ4n) is 2.09. The minimum Gasteiger partial charge on any atom is -0.489 e. The second-order valence-electron chi connectivity index (χ2n) is 6.19. The molecule has 0 spiro atoms. The zero-order valence-electron chi connectivity index (χ0n) is 20.6. The van der Waals surface area contributed by atoms with E-state index in [0.717, 1.165) is 5.56 Å². The summed E-state index contributed by atoms with van der Waals surface area (Å²) in [6.45, 7) is 13.9. The van der Waals surface area contributed by atoms with Crippen molar-refractivity contribution in [3.8, 4) is 5.75 Å². The average molecular weight is 467 g/mol. The van der Waals surface area contributed by atoms with Crippen LogP contribution in [0.25, 0.3) is 0 Å². The number of hydrogen-bond donors (Lipinski definition) is 3. The van der Waals surface area contributed by atoms with Gasteiger partial charge in [-0.15, -0.1) is 0 Å². The van der Waals surface area contributed by atoms with E-state index >= 15 is 0 Å². The molecule has 6 nitrogen and oxygen atoms in total. The van der Waals surface area contributed by atoms with E-state index in [0.29, 0.717) is 16.3 Å². The molecule has 0 aromatic heterocycles. The fourth-order valence-corrected chi connectivity index (χ4v) is 2.31. The summed E-state index contributed by atoms with van der Waals surface area (Å²) in [5.74, 6) is 0.502. The predicted molar refractivity (Wildman–Crippen MR) is 134 cm³/mol. The van der Waals surface area contributed by atoms with Crippen LogP contribution < -0.4 is 10.1 Å². The second kappa shape index (κ2) is 19.1. The number of aliphatic hydroxyl groups excluding tert-OH is 1. The average Bonchev–Trinajstić information content (AvgIpc) is 2.81. The quantitative estimate of drug-likeness (QED) is 0.366. The Kier molecular flexibility index (Phi) is 18.9. The molecule has 2 rings (SSSR count). The normalized spacial score (nSPS) is 9.09. The number of aryl methyl sites for hydroxylation is 1. The van der Waals surface area contributed by atoms with E-state index in [4.69, 9.17) is 31.6 Å². The molecule has 7 heteroatoms. The maximum atomic E-state index is 11.6. The number of rotatable bonds is 6. The third-order valence-electron chi connectivity index (χ3n) is 3.47. The van der Waals surface area contributed by atoms with E-state index in [9.17, 15) is 4.79 Å². The zero-order chi connectivity index (χ0) is 25.1. The van der Waals surface area contributed by atoms with Crippen LogP contribution in [0.4, 0.5) is 0 Å². The van der Waals surface area contributed by atoms with Crippen LogP contribution in [0.2, 0.25) is 5.02 Å². The van der Waals surface area contributed by atoms with Crippen LogP contribution >= 0.6 is 11.6 Å². The Morgan fingerprint density at radius 1 is 1.06 bits per heavy atom. The minimum atomic E-state index is -0.267. The first-order chi connectivity index (χ1) is 15.3. The van der Waals surface area contributed by atoms with Crippen LogP contribution in [-0.2, 0) is 4.74 Å². The topological polar surface area (TPSA) is 91.6 Å². The van der Waals surface area contributed by atoms with E-state index in [1.165, 1.54) is 12.7 Å². The predicted octanol–water partition coefficient (Wildman–Crippen LogP) is 5.87. The van der Waals surface area contributed by atoms with E-state index in [1.807, 2.05) is 72.7 Å². The highest BCUT2D eigenvalue weighted by molar-refractivity contribution is 6.32. The number of ether oxygens (including phenoxy) is 2. The van der Waals surface area contributed by atoms with Gasteiger partial charge in [-0.1, -0.05) is 57.0 Å². The molecule has 0 heterocycles. The molecule has 2 aromatic rings. The van der Waals surface area contributed by atoms with Gasteiger partial charge in [0.05, 0.1) is 24.8 Å². The number of nitrogens with one attached hydrogen (secondary N) is 2. The van der Waals surface area contributed by atoms with Crippen LogP contribution in [0.1, 0.15) is 63.0 Å². The van der Waals surface area contributed by atoms with E-state index in [2.05, 4.69) is 5.32 Å². The molecular formula is C25H39ClN2O4. The second-order valence-corrected chi connectivity index (χ2v) is 6.60. The highest BCUT2D eigenvalue weighted by Crippen LogP contribution is 2.26. The molecule has 0 aliphatic carbocycles. The van der Waals surface area contributed by atoms with E-state index < -0.39 is 0 Å². The summed E-state index contributed by atoms with van der Waals surface area (Å²) in [4.78, 5) is 11.6. The number of hydrogen-bond acceptors (Lipinski definition) is 5. The van der Waals surface area contributed by atoms with Gasteiger partial charge >= 0.3 is 0 Å². The fraction of sp³-hybridized carbons (Fsp3) is 0.440. The van der Waals surface area contributed by atoms with E-state index in [-0.39, 0.29) is 31.1 Å². The van der Waals surface area contributed by atoms with Gasteiger partial charge in [0.2, 0.25) is 5.90 Å². The van der Waals surface area contributed by atoms with Crippen molar-refractivity contribution in [3.63, 3.8) is 0 Å². The van der Waals surface area contributed by atoms with Crippen LogP contribution in [-0.4, -0.2) is 43.3 Å². The summed E-state index contributed by atoms with van der Waals surface area (Å²) >= 11 is 6.00. The summed E-state index contributed by atoms with van der Waals surface area (Å²) in [5.41, 5.74) is 2.45. The number of halogens is 1. The third-order valence-corrected chi connectivity index (χ3v) is 3.77. The third kappa shape index (κ3) is 13.0. The Hall–Kier alpha value is -2.57. The zero-order valence-corrected chi connectivity index (χ0v) is 21.3. The van der Waals surface area contributed by atoms with Gasteiger partial charge in [-0.3, -0.25) is 10.2 Å². The molecule has 3 N–H and O–H groups in total. The Morgan fingerprint density at radius 2 is 1.59 bits per heavy atom. The summed E-state index contributed by atoms with van der Waals surface area (Å²) < 4.78 is 10.2. The first kappa shape index (κ1) is 31.6. The highest BCUT2D eigenvalue weighted by atomic mass is 35.5. The number of benzene rings is 2. The number of carbonyl (C=O) groups excluding carboxylic acids is 1. The van der Waals surface area contributed by atoms with Gasteiger partial charge in [-0.25, -0.2) is 0 Å². The summed E-state index contributed by atoms with van der Waals surface area (Å²) in [6.07, 6.45) is 0.0292. The summed E-state index contributed by atoms with van der Waals surface area (Å²) in [6, 6.07) is 12.5. The first-order valence-electron chi connectivity index (χ1n) is 10.8. The maximum Gasteiger partial charge on any atom is 0.251 e. The Bertz CT molecular complexity index is 778. The molecule has 1 amide bonds. The monoisotopic (exact) mass is 466 g/mol. The lowest BCUT2D eigenvalue weighted by Crippen LogP contribution is -2.26. The Balaban J connectivity index is 0. The molecule has 32 heavy (non-hydrogen) atoms. The molecular weight excluding hydrogens is 428 g/mol. The van der Waals surface area contributed by atoms with Gasteiger partial charge in [0.25, 0.3) is 5.91 Å². The van der Waals surface area contributed by atoms with E-state index in [1.54, 1.807) is 18.2 Å². The van der Waals surface area contributed by atoms with Crippen molar-refractivity contribution < 1.29 is 19.4 Å². The van der Waals surface area contributed by atoms with Gasteiger partial charge in [0, 0.05) is 17.7 Å². The highest BCUT2D eigenvalue weighted by Gasteiger charge is 2.09. The molecule has 0 fully saturated rings. The van der Waals surface area contributed by atoms with Crippen molar-refractivity contribution in [3.05, 3.63) is 64.2 Å². The Morgan fingerprint density at radius 3 is 2.03 bits per heavy atom. The lowest BCUT2D eigenvalue weighted by atomic mass is 10.1. The largest absolute Gasteiger partial charge is 0.489 e. The van der Waals surface area contributed by atoms with Gasteiger partial charge in [0.1, 0.15) is 5.75 Å². The van der Waals surface area contributed by atoms with Gasteiger partial charge in [0.15, 0.2) is 0 Å². The molecule has 180 valence electrons. The van der Waals surface area contributed by atoms with Crippen molar-refractivity contribution in [2.75, 3.05) is 20.3 Å². The molecule has 2 aromatic carbocycles. The molecule has 0 bridgehead atoms. The van der Waals surface area contributed by atoms with Crippen molar-refractivity contribution in [2.24, 2.45) is 0 Å². The molecule has 0 saturated heterocycles. The van der Waals surface area contributed by atoms with Crippen molar-refractivity contribution in [1.29, 1.82) is 5.41 Å². The van der Waals surface area contributed by atoms with Crippen molar-refractivity contribution in [2.45, 2.75) is 54.6 Å². The van der Waals surface area contributed by atoms with Crippen LogP contribution in [0.5, 0.6) is 5.75 Å². The molecule has 0 saturated carbocycles. The Labute approximate surface area is 198 Å². The van der Waals surface area contributed by atoms with Crippen LogP contribution in [0.3, 0.4) is 0 Å². The van der Waals surface area contributed by atoms with Gasteiger partial charge in [-0.2, -0.15) is 0 Å². The molecule has 0 atom stereocenters. The van der Waals surface area contributed by atoms with Crippen LogP contribution in [0, 0.1) is 12.3 Å². The molecule has 0 radical (unpaired) electrons. The summed E-state index contributed by atoms with van der Waals surface area (Å²) in [5, 5.41) is 18.9. The molecule has 0 aliphatic heterocycles. The van der Waals surface area contributed by atoms with Gasteiger partial charge < -0.3 is 19.9 Å². The number of amides is 1. The smallest absolute Gasteiger partial charge is 0.251 e. The standard InChI is InChI=1S/C12H16ClNO3.C9H11NO.2C2H6/c1-8(2)17-11-4-3-9(7-10(11)13)12(16)14-5-6-15;1-7-3-5-8(6-4-7)9(10)11-2;2*1-2/h3-4,7-8,15H,5-6H2,1-2H3,(H,14,16);3-6,10H,1-2H3;2*1-2H3.